The van der Waals surface area contributed by atoms with E-state index in [1.807, 2.05) is 0 Å². The van der Waals surface area contributed by atoms with Gasteiger partial charge in [-0.25, -0.2) is 0 Å². The van der Waals surface area contributed by atoms with E-state index in [4.69, 9.17) is 0 Å². The molecule has 3 radical (unpaired) electrons. The van der Waals surface area contributed by atoms with Crippen LogP contribution in [0.4, 0.5) is 0 Å². The lowest BCUT2D eigenvalue weighted by molar-refractivity contribution is 0.589. The maximum atomic E-state index is 3.85. The second-order valence-electron chi connectivity index (χ2n) is 4.05. The third-order valence-corrected chi connectivity index (χ3v) is 2.57. The van der Waals surface area contributed by atoms with Gasteiger partial charge in [-0.3, -0.25) is 0 Å². The van der Waals surface area contributed by atoms with Crippen LogP contribution in [0, 0.1) is 20.3 Å². The topological polar surface area (TPSA) is 0 Å². The van der Waals surface area contributed by atoms with E-state index < -0.39 is 0 Å². The van der Waals surface area contributed by atoms with Gasteiger partial charge >= 0.3 is 0 Å². The Morgan fingerprint density at radius 2 is 1.07 bits per heavy atom. The molecule has 0 nitrogen and oxygen atoms in total. The molecule has 0 aromatic heterocycles. The molecule has 0 aromatic rings. The van der Waals surface area contributed by atoms with E-state index in [9.17, 15) is 0 Å². The van der Waals surface area contributed by atoms with Crippen LogP contribution in [0.2, 0.25) is 0 Å². The van der Waals surface area contributed by atoms with Gasteiger partial charge in [-0.1, -0.05) is 84.5 Å². The van der Waals surface area contributed by atoms with Crippen molar-refractivity contribution in [3.8, 4) is 0 Å². The third kappa shape index (κ3) is 12.0. The van der Waals surface area contributed by atoms with Crippen molar-refractivity contribution < 1.29 is 0 Å². The summed E-state index contributed by atoms with van der Waals surface area (Å²) in [5.74, 6) is 0. The Kier molecular flexibility index (Phi) is 13.0. The second-order valence-corrected chi connectivity index (χ2v) is 4.05. The molecule has 0 aliphatic carbocycles. The third-order valence-electron chi connectivity index (χ3n) is 2.57. The summed E-state index contributed by atoms with van der Waals surface area (Å²) in [6.45, 7) is 7.69. The van der Waals surface area contributed by atoms with Gasteiger partial charge in [-0.2, -0.15) is 0 Å². The van der Waals surface area contributed by atoms with Crippen molar-refractivity contribution in [3.05, 3.63) is 20.3 Å². The molecule has 0 bridgehead atoms. The van der Waals surface area contributed by atoms with Crippen molar-refractivity contribution in [3.63, 3.8) is 0 Å². The highest BCUT2D eigenvalue weighted by Gasteiger charge is 1.91. The first kappa shape index (κ1) is 14.0. The van der Waals surface area contributed by atoms with Crippen LogP contribution in [0.15, 0.2) is 0 Å². The predicted octanol–water partition coefficient (Wildman–Crippen LogP) is 5.15. The number of hydrogen-bond donors (Lipinski definition) is 0. The molecule has 0 spiro atoms. The van der Waals surface area contributed by atoms with Crippen LogP contribution in [0.25, 0.3) is 0 Å². The molecule has 0 aromatic carbocycles. The fourth-order valence-electron chi connectivity index (χ4n) is 1.61. The Labute approximate surface area is 91.5 Å². The van der Waals surface area contributed by atoms with Crippen LogP contribution in [-0.4, -0.2) is 0 Å². The average Bonchev–Trinajstić information content (AvgIpc) is 2.21. The zero-order valence-electron chi connectivity index (χ0n) is 9.77. The van der Waals surface area contributed by atoms with Crippen molar-refractivity contribution in [1.29, 1.82) is 0 Å². The highest BCUT2D eigenvalue weighted by molar-refractivity contribution is 4.64. The molecular weight excluding hydrogens is 168 g/mol. The highest BCUT2D eigenvalue weighted by atomic mass is 14.0. The fraction of sp³-hybridized carbons (Fsp3) is 0.786. The summed E-state index contributed by atoms with van der Waals surface area (Å²) in [7, 11) is 0. The molecule has 83 valence electrons. The van der Waals surface area contributed by atoms with Gasteiger partial charge in [0.15, 0.2) is 0 Å². The largest absolute Gasteiger partial charge is 0.0533 e. The van der Waals surface area contributed by atoms with Crippen molar-refractivity contribution in [2.24, 2.45) is 0 Å². The molecule has 0 aliphatic rings. The molecule has 0 amide bonds. The van der Waals surface area contributed by atoms with E-state index in [0.29, 0.717) is 0 Å². The van der Waals surface area contributed by atoms with Gasteiger partial charge in [0.1, 0.15) is 0 Å². The molecule has 0 rings (SSSR count). The summed E-state index contributed by atoms with van der Waals surface area (Å²) in [4.78, 5) is 0. The molecule has 0 saturated heterocycles. The minimum Gasteiger partial charge on any atom is -0.0533 e. The first-order chi connectivity index (χ1) is 6.91. The number of rotatable bonds is 11. The standard InChI is InChI=1S/C14H27/c1-3-5-7-9-11-13-14-12-10-8-6-4-2/h9H,1-8,10-14H2. The van der Waals surface area contributed by atoms with E-state index in [0.717, 1.165) is 12.8 Å². The van der Waals surface area contributed by atoms with Crippen molar-refractivity contribution in [2.45, 2.75) is 70.6 Å². The first-order valence-corrected chi connectivity index (χ1v) is 6.32. The molecule has 0 heteroatoms. The predicted molar refractivity (Wildman–Crippen MR) is 65.8 cm³/mol. The minimum absolute atomic E-state index is 1.08. The lowest BCUT2D eigenvalue weighted by atomic mass is 10.1. The Morgan fingerprint density at radius 1 is 0.571 bits per heavy atom. The van der Waals surface area contributed by atoms with Crippen LogP contribution in [0.3, 0.4) is 0 Å². The molecular formula is C14H27. The molecule has 0 heterocycles. The van der Waals surface area contributed by atoms with Gasteiger partial charge in [0.05, 0.1) is 0 Å². The van der Waals surface area contributed by atoms with Crippen LogP contribution >= 0.6 is 0 Å². The van der Waals surface area contributed by atoms with Gasteiger partial charge in [0, 0.05) is 0 Å². The lowest BCUT2D eigenvalue weighted by Crippen LogP contribution is -1.82. The SMILES string of the molecule is [CH2]CCC[CH]CCCCCCCC[CH2]. The van der Waals surface area contributed by atoms with E-state index in [1.165, 1.54) is 57.8 Å². The fourth-order valence-corrected chi connectivity index (χ4v) is 1.61. The van der Waals surface area contributed by atoms with Crippen LogP contribution < -0.4 is 0 Å². The molecule has 0 unspecified atom stereocenters. The Morgan fingerprint density at radius 3 is 1.71 bits per heavy atom. The van der Waals surface area contributed by atoms with E-state index in [1.54, 1.807) is 0 Å². The van der Waals surface area contributed by atoms with Gasteiger partial charge in [-0.05, 0) is 6.42 Å². The smallest absolute Gasteiger partial charge is 0.0386 e. The minimum atomic E-state index is 1.08. The van der Waals surface area contributed by atoms with E-state index in [2.05, 4.69) is 20.3 Å². The number of hydrogen-bond acceptors (Lipinski definition) is 0. The van der Waals surface area contributed by atoms with Crippen molar-refractivity contribution in [2.75, 3.05) is 0 Å². The van der Waals surface area contributed by atoms with Crippen LogP contribution in [0.5, 0.6) is 0 Å². The maximum absolute atomic E-state index is 3.85. The van der Waals surface area contributed by atoms with E-state index in [-0.39, 0.29) is 0 Å². The van der Waals surface area contributed by atoms with Crippen LogP contribution in [-0.2, 0) is 0 Å². The van der Waals surface area contributed by atoms with Gasteiger partial charge in [0.2, 0.25) is 0 Å². The highest BCUT2D eigenvalue weighted by Crippen LogP contribution is 2.10. The molecule has 0 saturated carbocycles. The Balaban J connectivity index is 2.78. The van der Waals surface area contributed by atoms with Gasteiger partial charge in [0.25, 0.3) is 0 Å². The first-order valence-electron chi connectivity index (χ1n) is 6.32. The summed E-state index contributed by atoms with van der Waals surface area (Å²) in [6.07, 6.45) is 16.8. The van der Waals surface area contributed by atoms with Gasteiger partial charge in [-0.15, -0.1) is 0 Å². The summed E-state index contributed by atoms with van der Waals surface area (Å²) < 4.78 is 0. The molecule has 0 N–H and O–H groups in total. The molecule has 0 fully saturated rings. The zero-order valence-corrected chi connectivity index (χ0v) is 9.77. The molecule has 0 atom stereocenters. The lowest BCUT2D eigenvalue weighted by Gasteiger charge is -2.01. The summed E-state index contributed by atoms with van der Waals surface area (Å²) in [5.41, 5.74) is 0. The van der Waals surface area contributed by atoms with Gasteiger partial charge < -0.3 is 0 Å². The summed E-state index contributed by atoms with van der Waals surface area (Å²) in [5, 5.41) is 0. The monoisotopic (exact) mass is 195 g/mol. The Hall–Kier alpha value is 0. The quantitative estimate of drug-likeness (QED) is 0.400. The van der Waals surface area contributed by atoms with Crippen molar-refractivity contribution in [1.82, 2.24) is 0 Å². The average molecular weight is 195 g/mol. The van der Waals surface area contributed by atoms with Crippen molar-refractivity contribution >= 4 is 0 Å². The Bertz CT molecular complexity index is 74.0. The van der Waals surface area contributed by atoms with E-state index >= 15 is 0 Å². The zero-order chi connectivity index (χ0) is 10.5. The molecule has 14 heavy (non-hydrogen) atoms. The maximum Gasteiger partial charge on any atom is -0.0386 e. The summed E-state index contributed by atoms with van der Waals surface area (Å²) in [6, 6.07) is 0. The second kappa shape index (κ2) is 13.0. The van der Waals surface area contributed by atoms with Crippen LogP contribution in [0.1, 0.15) is 70.6 Å². The number of unbranched alkanes of at least 4 members (excludes halogenated alkanes) is 11. The summed E-state index contributed by atoms with van der Waals surface area (Å²) >= 11 is 0. The molecule has 0 aliphatic heterocycles. The normalized spacial score (nSPS) is 10.7.